The zero-order valence-corrected chi connectivity index (χ0v) is 14.0. The molecular formula is C21H17N3O2. The van der Waals surface area contributed by atoms with E-state index in [9.17, 15) is 9.90 Å². The van der Waals surface area contributed by atoms with Gasteiger partial charge >= 0.3 is 0 Å². The molecule has 0 unspecified atom stereocenters. The molecule has 2 heterocycles. The first-order valence-electron chi connectivity index (χ1n) is 8.28. The van der Waals surface area contributed by atoms with Gasteiger partial charge in [-0.05, 0) is 47.0 Å². The number of amides is 1. The Balaban J connectivity index is 1.64. The summed E-state index contributed by atoms with van der Waals surface area (Å²) in [6.45, 7) is 0.00493. The quantitative estimate of drug-likeness (QED) is 0.593. The van der Waals surface area contributed by atoms with Crippen LogP contribution in [0.5, 0.6) is 0 Å². The summed E-state index contributed by atoms with van der Waals surface area (Å²) in [5.41, 5.74) is 4.63. The van der Waals surface area contributed by atoms with Crippen LogP contribution in [0, 0.1) is 0 Å². The predicted molar refractivity (Wildman–Crippen MR) is 101 cm³/mol. The molecule has 0 radical (unpaired) electrons. The van der Waals surface area contributed by atoms with Crippen molar-refractivity contribution in [3.05, 3.63) is 90.4 Å². The SMILES string of the molecule is O=C(Nc1ccccc1)c1cn2cc(-c3cccc(CO)c3)ccc2n1. The molecule has 0 saturated carbocycles. The molecule has 0 fully saturated rings. The summed E-state index contributed by atoms with van der Waals surface area (Å²) in [5.74, 6) is -0.247. The second-order valence-corrected chi connectivity index (χ2v) is 5.99. The highest BCUT2D eigenvalue weighted by Gasteiger charge is 2.11. The normalized spacial score (nSPS) is 10.8. The number of fused-ring (bicyclic) bond motifs is 1. The van der Waals surface area contributed by atoms with Crippen LogP contribution in [-0.4, -0.2) is 20.4 Å². The molecule has 5 heteroatoms. The fraction of sp³-hybridized carbons (Fsp3) is 0.0476. The highest BCUT2D eigenvalue weighted by Crippen LogP contribution is 2.22. The molecule has 4 rings (SSSR count). The van der Waals surface area contributed by atoms with Crippen molar-refractivity contribution in [2.24, 2.45) is 0 Å². The van der Waals surface area contributed by atoms with E-state index >= 15 is 0 Å². The molecule has 26 heavy (non-hydrogen) atoms. The van der Waals surface area contributed by atoms with E-state index in [1.54, 1.807) is 6.20 Å². The van der Waals surface area contributed by atoms with Crippen LogP contribution in [0.1, 0.15) is 16.1 Å². The molecule has 4 aromatic rings. The highest BCUT2D eigenvalue weighted by molar-refractivity contribution is 6.03. The summed E-state index contributed by atoms with van der Waals surface area (Å²) < 4.78 is 1.83. The molecule has 2 N–H and O–H groups in total. The summed E-state index contributed by atoms with van der Waals surface area (Å²) in [4.78, 5) is 16.8. The van der Waals surface area contributed by atoms with Crippen LogP contribution in [0.2, 0.25) is 0 Å². The van der Waals surface area contributed by atoms with Gasteiger partial charge in [0.1, 0.15) is 11.3 Å². The van der Waals surface area contributed by atoms with Gasteiger partial charge in [0.2, 0.25) is 0 Å². The third kappa shape index (κ3) is 3.20. The molecule has 0 aliphatic rings. The highest BCUT2D eigenvalue weighted by atomic mass is 16.3. The third-order valence-corrected chi connectivity index (χ3v) is 4.16. The summed E-state index contributed by atoms with van der Waals surface area (Å²) >= 11 is 0. The van der Waals surface area contributed by atoms with Crippen LogP contribution in [0.15, 0.2) is 79.1 Å². The van der Waals surface area contributed by atoms with Crippen LogP contribution in [0.3, 0.4) is 0 Å². The number of pyridine rings is 1. The van der Waals surface area contributed by atoms with E-state index in [2.05, 4.69) is 10.3 Å². The van der Waals surface area contributed by atoms with Crippen LogP contribution < -0.4 is 5.32 Å². The Labute approximate surface area is 150 Å². The lowest BCUT2D eigenvalue weighted by Gasteiger charge is -2.04. The largest absolute Gasteiger partial charge is 0.392 e. The van der Waals surface area contributed by atoms with Gasteiger partial charge in [-0.1, -0.05) is 36.4 Å². The number of nitrogens with zero attached hydrogens (tertiary/aromatic N) is 2. The van der Waals surface area contributed by atoms with E-state index in [0.717, 1.165) is 22.4 Å². The average Bonchev–Trinajstić information content (AvgIpc) is 3.12. The molecule has 5 nitrogen and oxygen atoms in total. The van der Waals surface area contributed by atoms with Gasteiger partial charge < -0.3 is 14.8 Å². The Morgan fingerprint density at radius 3 is 2.62 bits per heavy atom. The van der Waals surface area contributed by atoms with Gasteiger partial charge in [-0.15, -0.1) is 0 Å². The molecule has 1 amide bonds. The number of nitrogens with one attached hydrogen (secondary N) is 1. The fourth-order valence-corrected chi connectivity index (χ4v) is 2.84. The van der Waals surface area contributed by atoms with Gasteiger partial charge in [-0.2, -0.15) is 0 Å². The first-order valence-corrected chi connectivity index (χ1v) is 8.28. The molecule has 0 spiro atoms. The van der Waals surface area contributed by atoms with Crippen molar-refractivity contribution in [1.82, 2.24) is 9.38 Å². The maximum absolute atomic E-state index is 12.4. The maximum Gasteiger partial charge on any atom is 0.275 e. The van der Waals surface area contributed by atoms with Crippen LogP contribution in [0.25, 0.3) is 16.8 Å². The number of para-hydroxylation sites is 1. The number of anilines is 1. The van der Waals surface area contributed by atoms with Gasteiger partial charge in [-0.25, -0.2) is 4.98 Å². The third-order valence-electron chi connectivity index (χ3n) is 4.16. The zero-order chi connectivity index (χ0) is 17.9. The van der Waals surface area contributed by atoms with E-state index in [0.29, 0.717) is 11.3 Å². The van der Waals surface area contributed by atoms with Crippen molar-refractivity contribution < 1.29 is 9.90 Å². The number of rotatable bonds is 4. The summed E-state index contributed by atoms with van der Waals surface area (Å²) in [6.07, 6.45) is 3.64. The Morgan fingerprint density at radius 2 is 1.81 bits per heavy atom. The summed E-state index contributed by atoms with van der Waals surface area (Å²) in [7, 11) is 0. The van der Waals surface area contributed by atoms with E-state index in [4.69, 9.17) is 0 Å². The second-order valence-electron chi connectivity index (χ2n) is 5.99. The molecule has 0 bridgehead atoms. The number of aromatic nitrogens is 2. The molecule has 0 aliphatic carbocycles. The van der Waals surface area contributed by atoms with Crippen LogP contribution in [0.4, 0.5) is 5.69 Å². The molecule has 0 saturated heterocycles. The smallest absolute Gasteiger partial charge is 0.275 e. The van der Waals surface area contributed by atoms with Crippen LogP contribution >= 0.6 is 0 Å². The predicted octanol–water partition coefficient (Wildman–Crippen LogP) is 3.75. The van der Waals surface area contributed by atoms with Crippen LogP contribution in [-0.2, 0) is 6.61 Å². The summed E-state index contributed by atoms with van der Waals surface area (Å²) in [5, 5.41) is 12.1. The number of carbonyl (C=O) groups is 1. The minimum Gasteiger partial charge on any atom is -0.392 e. The number of aliphatic hydroxyl groups is 1. The Kier molecular flexibility index (Phi) is 4.21. The van der Waals surface area contributed by atoms with Crippen molar-refractivity contribution >= 4 is 17.2 Å². The monoisotopic (exact) mass is 343 g/mol. The van der Waals surface area contributed by atoms with E-state index in [1.807, 2.05) is 77.3 Å². The Morgan fingerprint density at radius 1 is 0.962 bits per heavy atom. The molecule has 2 aromatic heterocycles. The van der Waals surface area contributed by atoms with Gasteiger partial charge in [0, 0.05) is 18.1 Å². The number of benzene rings is 2. The number of carbonyl (C=O) groups excluding carboxylic acids is 1. The zero-order valence-electron chi connectivity index (χ0n) is 14.0. The Bertz CT molecular complexity index is 1070. The maximum atomic E-state index is 12.4. The lowest BCUT2D eigenvalue weighted by molar-refractivity contribution is 0.102. The van der Waals surface area contributed by atoms with Gasteiger partial charge in [0.15, 0.2) is 0 Å². The van der Waals surface area contributed by atoms with Crippen molar-refractivity contribution in [2.75, 3.05) is 5.32 Å². The second kappa shape index (κ2) is 6.82. The van der Waals surface area contributed by atoms with Crippen molar-refractivity contribution in [3.63, 3.8) is 0 Å². The molecule has 0 aliphatic heterocycles. The number of hydrogen-bond donors (Lipinski definition) is 2. The number of aliphatic hydroxyl groups excluding tert-OH is 1. The van der Waals surface area contributed by atoms with E-state index < -0.39 is 0 Å². The van der Waals surface area contributed by atoms with Gasteiger partial charge in [-0.3, -0.25) is 4.79 Å². The lowest BCUT2D eigenvalue weighted by Crippen LogP contribution is -2.11. The minimum atomic E-state index is -0.247. The Hall–Kier alpha value is -3.44. The first-order chi connectivity index (χ1) is 12.7. The summed E-state index contributed by atoms with van der Waals surface area (Å²) in [6, 6.07) is 20.9. The van der Waals surface area contributed by atoms with Crippen molar-refractivity contribution in [1.29, 1.82) is 0 Å². The van der Waals surface area contributed by atoms with Gasteiger partial charge in [0.05, 0.1) is 6.61 Å². The first kappa shape index (κ1) is 16.1. The van der Waals surface area contributed by atoms with Crippen molar-refractivity contribution in [2.45, 2.75) is 6.61 Å². The fourth-order valence-electron chi connectivity index (χ4n) is 2.84. The standard InChI is InChI=1S/C21H17N3O2/c25-14-15-5-4-6-16(11-15)17-9-10-20-23-19(13-24(20)12-17)21(26)22-18-7-2-1-3-8-18/h1-13,25H,14H2,(H,22,26). The number of hydrogen-bond acceptors (Lipinski definition) is 3. The number of imidazole rings is 1. The molecule has 2 aromatic carbocycles. The van der Waals surface area contributed by atoms with E-state index in [1.165, 1.54) is 0 Å². The topological polar surface area (TPSA) is 66.6 Å². The van der Waals surface area contributed by atoms with Gasteiger partial charge in [0.25, 0.3) is 5.91 Å². The average molecular weight is 343 g/mol. The molecule has 128 valence electrons. The van der Waals surface area contributed by atoms with E-state index in [-0.39, 0.29) is 12.5 Å². The minimum absolute atomic E-state index is 0.00493. The molecule has 0 atom stereocenters. The molecular weight excluding hydrogens is 326 g/mol. The lowest BCUT2D eigenvalue weighted by atomic mass is 10.1. The van der Waals surface area contributed by atoms with Crippen molar-refractivity contribution in [3.8, 4) is 11.1 Å².